The quantitative estimate of drug-likeness (QED) is 0.561. The van der Waals surface area contributed by atoms with Crippen LogP contribution in [0.3, 0.4) is 0 Å². The minimum absolute atomic E-state index is 0.0322. The maximum atomic E-state index is 5.84. The van der Waals surface area contributed by atoms with Crippen LogP contribution in [0.25, 0.3) is 10.1 Å². The topological polar surface area (TPSA) is 38.0 Å². The zero-order valence-corrected chi connectivity index (χ0v) is 12.5. The molecule has 1 unspecified atom stereocenters. The van der Waals surface area contributed by atoms with Gasteiger partial charge in [0.1, 0.15) is 0 Å². The summed E-state index contributed by atoms with van der Waals surface area (Å²) in [7, 11) is 0. The molecule has 3 N–H and O–H groups in total. The van der Waals surface area contributed by atoms with E-state index < -0.39 is 0 Å². The van der Waals surface area contributed by atoms with Crippen molar-refractivity contribution in [3.8, 4) is 0 Å². The summed E-state index contributed by atoms with van der Waals surface area (Å²) in [6.07, 6.45) is 0. The van der Waals surface area contributed by atoms with E-state index in [9.17, 15) is 0 Å². The number of benzene rings is 2. The van der Waals surface area contributed by atoms with E-state index in [0.717, 1.165) is 0 Å². The largest absolute Gasteiger partial charge is 0.271 e. The van der Waals surface area contributed by atoms with Crippen molar-refractivity contribution < 1.29 is 0 Å². The van der Waals surface area contributed by atoms with Crippen LogP contribution in [0.15, 0.2) is 47.8 Å². The summed E-state index contributed by atoms with van der Waals surface area (Å²) in [4.78, 5) is 0. The second-order valence-corrected chi connectivity index (χ2v) is 6.12. The highest BCUT2D eigenvalue weighted by molar-refractivity contribution is 7.17. The molecule has 0 radical (unpaired) electrons. The van der Waals surface area contributed by atoms with Crippen molar-refractivity contribution in [2.75, 3.05) is 0 Å². The monoisotopic (exact) mass is 282 g/mol. The highest BCUT2D eigenvalue weighted by Gasteiger charge is 2.17. The number of fused-ring (bicyclic) bond motifs is 1. The number of hydrogen-bond donors (Lipinski definition) is 2. The summed E-state index contributed by atoms with van der Waals surface area (Å²) >= 11 is 1.77. The summed E-state index contributed by atoms with van der Waals surface area (Å²) in [5.74, 6) is 5.84. The van der Waals surface area contributed by atoms with Gasteiger partial charge in [-0.2, -0.15) is 0 Å². The molecule has 2 aromatic carbocycles. The first-order valence-electron chi connectivity index (χ1n) is 6.69. The zero-order valence-electron chi connectivity index (χ0n) is 11.7. The highest BCUT2D eigenvalue weighted by Crippen LogP contribution is 2.33. The molecule has 3 aromatic rings. The Morgan fingerprint density at radius 1 is 1.05 bits per heavy atom. The van der Waals surface area contributed by atoms with Crippen LogP contribution in [0.2, 0.25) is 0 Å². The summed E-state index contributed by atoms with van der Waals surface area (Å²) < 4.78 is 1.30. The molecule has 0 amide bonds. The van der Waals surface area contributed by atoms with Crippen molar-refractivity contribution in [1.82, 2.24) is 5.43 Å². The third kappa shape index (κ3) is 2.36. The molecule has 3 rings (SSSR count). The number of nitrogens with one attached hydrogen (secondary N) is 1. The van der Waals surface area contributed by atoms with Crippen LogP contribution in [0, 0.1) is 13.8 Å². The summed E-state index contributed by atoms with van der Waals surface area (Å²) in [5, 5.41) is 3.48. The maximum Gasteiger partial charge on any atom is 0.0724 e. The second-order valence-electron chi connectivity index (χ2n) is 5.21. The van der Waals surface area contributed by atoms with E-state index in [1.54, 1.807) is 11.3 Å². The van der Waals surface area contributed by atoms with Crippen molar-refractivity contribution >= 4 is 21.4 Å². The Labute approximate surface area is 123 Å². The zero-order chi connectivity index (χ0) is 14.1. The van der Waals surface area contributed by atoms with Crippen LogP contribution in [0.5, 0.6) is 0 Å². The van der Waals surface area contributed by atoms with Gasteiger partial charge < -0.3 is 0 Å². The van der Waals surface area contributed by atoms with Gasteiger partial charge in [0.2, 0.25) is 0 Å². The van der Waals surface area contributed by atoms with E-state index in [2.05, 4.69) is 67.1 Å². The molecule has 0 bridgehead atoms. The molecule has 0 saturated carbocycles. The van der Waals surface area contributed by atoms with Crippen LogP contribution in [-0.2, 0) is 0 Å². The molecule has 0 aliphatic heterocycles. The molecule has 0 aliphatic rings. The van der Waals surface area contributed by atoms with Gasteiger partial charge in [-0.25, -0.2) is 5.43 Å². The molecule has 0 saturated heterocycles. The third-order valence-corrected chi connectivity index (χ3v) is 4.55. The van der Waals surface area contributed by atoms with Crippen molar-refractivity contribution in [3.63, 3.8) is 0 Å². The van der Waals surface area contributed by atoms with Gasteiger partial charge in [-0.05, 0) is 41.8 Å². The normalized spacial score (nSPS) is 12.8. The molecule has 102 valence electrons. The van der Waals surface area contributed by atoms with Gasteiger partial charge in [0.05, 0.1) is 6.04 Å². The molecule has 1 heterocycles. The van der Waals surface area contributed by atoms with Crippen molar-refractivity contribution in [2.24, 2.45) is 5.84 Å². The van der Waals surface area contributed by atoms with Gasteiger partial charge in [-0.1, -0.05) is 47.5 Å². The molecule has 0 fully saturated rings. The van der Waals surface area contributed by atoms with Gasteiger partial charge in [-0.15, -0.1) is 11.3 Å². The Morgan fingerprint density at radius 2 is 1.75 bits per heavy atom. The summed E-state index contributed by atoms with van der Waals surface area (Å²) in [6, 6.07) is 15.1. The fourth-order valence-corrected chi connectivity index (χ4v) is 3.75. The number of aryl methyl sites for hydroxylation is 2. The first kappa shape index (κ1) is 13.3. The van der Waals surface area contributed by atoms with Crippen molar-refractivity contribution in [2.45, 2.75) is 19.9 Å². The van der Waals surface area contributed by atoms with Gasteiger partial charge in [0.25, 0.3) is 0 Å². The Morgan fingerprint density at radius 3 is 2.45 bits per heavy atom. The average Bonchev–Trinajstić information content (AvgIpc) is 2.83. The lowest BCUT2D eigenvalue weighted by Gasteiger charge is -2.17. The Kier molecular flexibility index (Phi) is 3.57. The van der Waals surface area contributed by atoms with E-state index in [1.807, 2.05) is 0 Å². The Balaban J connectivity index is 2.14. The van der Waals surface area contributed by atoms with Crippen LogP contribution in [0.4, 0.5) is 0 Å². The minimum atomic E-state index is 0.0322. The van der Waals surface area contributed by atoms with Gasteiger partial charge in [0.15, 0.2) is 0 Å². The molecule has 1 atom stereocenters. The lowest BCUT2D eigenvalue weighted by atomic mass is 9.96. The van der Waals surface area contributed by atoms with Gasteiger partial charge >= 0.3 is 0 Å². The Hall–Kier alpha value is -1.68. The third-order valence-electron chi connectivity index (χ3n) is 3.57. The minimum Gasteiger partial charge on any atom is -0.271 e. The van der Waals surface area contributed by atoms with Crippen LogP contribution in [-0.4, -0.2) is 0 Å². The number of hydrazine groups is 1. The average molecular weight is 282 g/mol. The smallest absolute Gasteiger partial charge is 0.0724 e. The lowest BCUT2D eigenvalue weighted by molar-refractivity contribution is 0.641. The fraction of sp³-hybridized carbons (Fsp3) is 0.176. The highest BCUT2D eigenvalue weighted by atomic mass is 32.1. The first-order valence-corrected chi connectivity index (χ1v) is 7.57. The van der Waals surface area contributed by atoms with E-state index in [4.69, 9.17) is 5.84 Å². The molecule has 3 heteroatoms. The number of rotatable bonds is 3. The summed E-state index contributed by atoms with van der Waals surface area (Å²) in [5.41, 5.74) is 7.97. The number of nitrogens with two attached hydrogens (primary N) is 1. The molecule has 0 aliphatic carbocycles. The van der Waals surface area contributed by atoms with Gasteiger partial charge in [0, 0.05) is 4.70 Å². The van der Waals surface area contributed by atoms with Gasteiger partial charge in [-0.3, -0.25) is 5.84 Å². The standard InChI is InChI=1S/C17H18N2S/c1-11-7-12(2)9-13(8-11)17(19-18)15-10-20-16-6-4-3-5-14(15)16/h3-10,17,19H,18H2,1-2H3. The predicted molar refractivity (Wildman–Crippen MR) is 86.9 cm³/mol. The van der Waals surface area contributed by atoms with E-state index >= 15 is 0 Å². The second kappa shape index (κ2) is 5.37. The predicted octanol–water partition coefficient (Wildman–Crippen LogP) is 4.07. The number of hydrogen-bond acceptors (Lipinski definition) is 3. The van der Waals surface area contributed by atoms with Crippen LogP contribution in [0.1, 0.15) is 28.3 Å². The lowest BCUT2D eigenvalue weighted by Crippen LogP contribution is -2.28. The molecule has 2 nitrogen and oxygen atoms in total. The molecule has 1 aromatic heterocycles. The fourth-order valence-electron chi connectivity index (χ4n) is 2.76. The van der Waals surface area contributed by atoms with E-state index in [0.29, 0.717) is 0 Å². The molecule has 20 heavy (non-hydrogen) atoms. The molecule has 0 spiro atoms. The first-order chi connectivity index (χ1) is 9.69. The van der Waals surface area contributed by atoms with Crippen LogP contribution < -0.4 is 11.3 Å². The van der Waals surface area contributed by atoms with E-state index in [1.165, 1.54) is 32.3 Å². The van der Waals surface area contributed by atoms with E-state index in [-0.39, 0.29) is 6.04 Å². The van der Waals surface area contributed by atoms with Crippen LogP contribution >= 0.6 is 11.3 Å². The Bertz CT molecular complexity index is 725. The van der Waals surface area contributed by atoms with Crippen molar-refractivity contribution in [1.29, 1.82) is 0 Å². The maximum absolute atomic E-state index is 5.84. The van der Waals surface area contributed by atoms with Crippen molar-refractivity contribution in [3.05, 3.63) is 70.1 Å². The summed E-state index contributed by atoms with van der Waals surface area (Å²) in [6.45, 7) is 4.24. The molecular weight excluding hydrogens is 264 g/mol. The number of thiophene rings is 1. The SMILES string of the molecule is Cc1cc(C)cc(C(NN)c2csc3ccccc23)c1. The molecular formula is C17H18N2S.